The number of thiophene rings is 1. The second kappa shape index (κ2) is 6.88. The Morgan fingerprint density at radius 2 is 2.00 bits per heavy atom. The molecule has 0 aliphatic rings. The van der Waals surface area contributed by atoms with Gasteiger partial charge in [-0.05, 0) is 42.5 Å². The number of nitrogens with zero attached hydrogens (tertiary/aromatic N) is 1. The highest BCUT2D eigenvalue weighted by atomic mass is 32.2. The fraction of sp³-hybridized carbons (Fsp3) is 0.438. The van der Waals surface area contributed by atoms with Gasteiger partial charge in [-0.25, -0.2) is 8.42 Å². The Morgan fingerprint density at radius 1 is 1.30 bits per heavy atom. The summed E-state index contributed by atoms with van der Waals surface area (Å²) in [6.07, 6.45) is 0. The number of hydrogen-bond donors (Lipinski definition) is 1. The maximum Gasteiger partial charge on any atom is 0.261 e. The Morgan fingerprint density at radius 3 is 2.61 bits per heavy atom. The summed E-state index contributed by atoms with van der Waals surface area (Å²) in [5.41, 5.74) is 0.603. The number of rotatable bonds is 6. The van der Waals surface area contributed by atoms with Crippen molar-refractivity contribution in [1.29, 1.82) is 0 Å². The van der Waals surface area contributed by atoms with Gasteiger partial charge in [0.15, 0.2) is 0 Å². The average Bonchev–Trinajstić information content (AvgIpc) is 2.94. The molecule has 0 saturated heterocycles. The number of benzene rings is 1. The van der Waals surface area contributed by atoms with Gasteiger partial charge >= 0.3 is 0 Å². The molecule has 0 fully saturated rings. The zero-order valence-electron chi connectivity index (χ0n) is 13.8. The summed E-state index contributed by atoms with van der Waals surface area (Å²) in [5.74, 6) is 0.359. The quantitative estimate of drug-likeness (QED) is 0.867. The van der Waals surface area contributed by atoms with E-state index in [1.807, 2.05) is 26.0 Å². The lowest BCUT2D eigenvalue weighted by Crippen LogP contribution is -2.27. The lowest BCUT2D eigenvalue weighted by molar-refractivity contribution is 0.0953. The van der Waals surface area contributed by atoms with E-state index in [9.17, 15) is 13.2 Å². The molecule has 5 nitrogen and oxygen atoms in total. The molecule has 23 heavy (non-hydrogen) atoms. The first-order chi connectivity index (χ1) is 10.7. The van der Waals surface area contributed by atoms with Crippen LogP contribution in [0.3, 0.4) is 0 Å². The highest BCUT2D eigenvalue weighted by Gasteiger charge is 2.17. The molecule has 0 atom stereocenters. The number of fused-ring (bicyclic) bond motifs is 1. The van der Waals surface area contributed by atoms with Crippen LogP contribution in [0.2, 0.25) is 0 Å². The van der Waals surface area contributed by atoms with Crippen molar-refractivity contribution in [2.75, 3.05) is 23.7 Å². The standard InChI is InChI=1S/C16H22N2O3S2/c1-5-23(20,21)18(4)13-6-7-14-12(8-13)9-15(22-14)16(19)17-10-11(2)3/h6-9,11H,5,10H2,1-4H3,(H,17,19). The van der Waals surface area contributed by atoms with E-state index in [1.165, 1.54) is 15.6 Å². The van der Waals surface area contributed by atoms with Gasteiger partial charge in [-0.3, -0.25) is 9.10 Å². The maximum atomic E-state index is 12.1. The predicted octanol–water partition coefficient (Wildman–Crippen LogP) is 3.07. The summed E-state index contributed by atoms with van der Waals surface area (Å²) in [4.78, 5) is 12.8. The molecule has 126 valence electrons. The molecule has 0 aliphatic carbocycles. The van der Waals surface area contributed by atoms with Gasteiger partial charge in [-0.15, -0.1) is 11.3 Å². The summed E-state index contributed by atoms with van der Waals surface area (Å²) in [7, 11) is -1.75. The molecule has 2 rings (SSSR count). The third-order valence-electron chi connectivity index (χ3n) is 3.54. The minimum absolute atomic E-state index is 0.0496. The summed E-state index contributed by atoms with van der Waals surface area (Å²) in [6, 6.07) is 7.24. The van der Waals surface area contributed by atoms with Gasteiger partial charge in [-0.1, -0.05) is 13.8 Å². The van der Waals surface area contributed by atoms with Crippen LogP contribution in [-0.4, -0.2) is 33.7 Å². The van der Waals surface area contributed by atoms with Crippen LogP contribution in [0.25, 0.3) is 10.1 Å². The van der Waals surface area contributed by atoms with Gasteiger partial charge in [0.2, 0.25) is 10.0 Å². The second-order valence-electron chi connectivity index (χ2n) is 5.80. The number of nitrogens with one attached hydrogen (secondary N) is 1. The Labute approximate surface area is 141 Å². The molecule has 0 unspecified atom stereocenters. The van der Waals surface area contributed by atoms with Crippen molar-refractivity contribution in [1.82, 2.24) is 5.32 Å². The van der Waals surface area contributed by atoms with Crippen LogP contribution >= 0.6 is 11.3 Å². The van der Waals surface area contributed by atoms with Crippen LogP contribution < -0.4 is 9.62 Å². The van der Waals surface area contributed by atoms with E-state index in [1.54, 1.807) is 26.1 Å². The molecule has 0 bridgehead atoms. The molecule has 0 aliphatic heterocycles. The van der Waals surface area contributed by atoms with Crippen LogP contribution in [0.1, 0.15) is 30.4 Å². The van der Waals surface area contributed by atoms with Crippen molar-refractivity contribution in [3.8, 4) is 0 Å². The van der Waals surface area contributed by atoms with Gasteiger partial charge in [0.1, 0.15) is 0 Å². The zero-order chi connectivity index (χ0) is 17.2. The smallest absolute Gasteiger partial charge is 0.261 e. The van der Waals surface area contributed by atoms with E-state index in [0.29, 0.717) is 23.0 Å². The van der Waals surface area contributed by atoms with E-state index < -0.39 is 10.0 Å². The van der Waals surface area contributed by atoms with E-state index in [0.717, 1.165) is 10.1 Å². The van der Waals surface area contributed by atoms with E-state index in [2.05, 4.69) is 5.32 Å². The molecule has 0 radical (unpaired) electrons. The highest BCUT2D eigenvalue weighted by Crippen LogP contribution is 2.30. The zero-order valence-corrected chi connectivity index (χ0v) is 15.4. The number of sulfonamides is 1. The Hall–Kier alpha value is -1.60. The van der Waals surface area contributed by atoms with Crippen molar-refractivity contribution in [2.24, 2.45) is 5.92 Å². The Bertz CT molecular complexity index is 810. The second-order valence-corrected chi connectivity index (χ2v) is 9.18. The number of hydrogen-bond acceptors (Lipinski definition) is 4. The van der Waals surface area contributed by atoms with Crippen LogP contribution in [0, 0.1) is 5.92 Å². The summed E-state index contributed by atoms with van der Waals surface area (Å²) in [5, 5.41) is 3.77. The molecule has 0 saturated carbocycles. The van der Waals surface area contributed by atoms with Crippen molar-refractivity contribution < 1.29 is 13.2 Å². The minimum Gasteiger partial charge on any atom is -0.351 e. The van der Waals surface area contributed by atoms with Crippen molar-refractivity contribution in [3.05, 3.63) is 29.1 Å². The normalized spacial score (nSPS) is 11.9. The lowest BCUT2D eigenvalue weighted by Gasteiger charge is -2.18. The molecular weight excluding hydrogens is 332 g/mol. The fourth-order valence-electron chi connectivity index (χ4n) is 2.08. The third kappa shape index (κ3) is 4.03. The van der Waals surface area contributed by atoms with Gasteiger partial charge in [0.05, 0.1) is 16.3 Å². The van der Waals surface area contributed by atoms with Gasteiger partial charge in [0, 0.05) is 18.3 Å². The first-order valence-electron chi connectivity index (χ1n) is 7.53. The molecule has 1 aromatic heterocycles. The van der Waals surface area contributed by atoms with Crippen LogP contribution in [-0.2, 0) is 10.0 Å². The van der Waals surface area contributed by atoms with Crippen LogP contribution in [0.15, 0.2) is 24.3 Å². The third-order valence-corrected chi connectivity index (χ3v) is 6.43. The van der Waals surface area contributed by atoms with Crippen LogP contribution in [0.4, 0.5) is 5.69 Å². The topological polar surface area (TPSA) is 66.5 Å². The van der Waals surface area contributed by atoms with E-state index in [-0.39, 0.29) is 11.7 Å². The number of amides is 1. The summed E-state index contributed by atoms with van der Waals surface area (Å²) >= 11 is 1.41. The van der Waals surface area contributed by atoms with E-state index >= 15 is 0 Å². The lowest BCUT2D eigenvalue weighted by atomic mass is 10.2. The first kappa shape index (κ1) is 17.7. The molecule has 1 N–H and O–H groups in total. The summed E-state index contributed by atoms with van der Waals surface area (Å²) in [6.45, 7) is 6.34. The molecule has 2 aromatic rings. The largest absolute Gasteiger partial charge is 0.351 e. The van der Waals surface area contributed by atoms with Crippen LogP contribution in [0.5, 0.6) is 0 Å². The number of anilines is 1. The molecular formula is C16H22N2O3S2. The Balaban J connectivity index is 2.29. The highest BCUT2D eigenvalue weighted by molar-refractivity contribution is 7.92. The SMILES string of the molecule is CCS(=O)(=O)N(C)c1ccc2sc(C(=O)NCC(C)C)cc2c1. The van der Waals surface area contributed by atoms with Gasteiger partial charge in [-0.2, -0.15) is 0 Å². The van der Waals surface area contributed by atoms with Gasteiger partial charge in [0.25, 0.3) is 5.91 Å². The predicted molar refractivity (Wildman–Crippen MR) is 96.9 cm³/mol. The van der Waals surface area contributed by atoms with Gasteiger partial charge < -0.3 is 5.32 Å². The first-order valence-corrected chi connectivity index (χ1v) is 9.95. The average molecular weight is 354 g/mol. The Kier molecular flexibility index (Phi) is 5.31. The number of carbonyl (C=O) groups is 1. The minimum atomic E-state index is -3.29. The fourth-order valence-corrected chi connectivity index (χ4v) is 3.86. The van der Waals surface area contributed by atoms with Crippen molar-refractivity contribution >= 4 is 43.0 Å². The maximum absolute atomic E-state index is 12.1. The molecule has 0 spiro atoms. The number of carbonyl (C=O) groups excluding carboxylic acids is 1. The molecule has 1 heterocycles. The summed E-state index contributed by atoms with van der Waals surface area (Å²) < 4.78 is 26.2. The van der Waals surface area contributed by atoms with E-state index in [4.69, 9.17) is 0 Å². The molecule has 1 amide bonds. The van der Waals surface area contributed by atoms with Crippen molar-refractivity contribution in [3.63, 3.8) is 0 Å². The molecule has 7 heteroatoms. The monoisotopic (exact) mass is 354 g/mol. The van der Waals surface area contributed by atoms with Crippen molar-refractivity contribution in [2.45, 2.75) is 20.8 Å². The molecule has 1 aromatic carbocycles.